The van der Waals surface area contributed by atoms with Crippen LogP contribution in [0, 0.1) is 0 Å². The third-order valence-corrected chi connectivity index (χ3v) is 4.63. The van der Waals surface area contributed by atoms with E-state index in [0.717, 1.165) is 0 Å². The maximum Gasteiger partial charge on any atom is 0.331 e. The molecule has 0 saturated carbocycles. The van der Waals surface area contributed by atoms with Crippen LogP contribution in [0.25, 0.3) is 6.08 Å². The fraction of sp³-hybridized carbons (Fsp3) is 0.154. The number of aromatic hydroxyl groups is 1. The molecule has 7 nitrogen and oxygen atoms in total. The summed E-state index contributed by atoms with van der Waals surface area (Å²) in [6.45, 7) is 2.29. The molecule has 1 unspecified atom stereocenters. The van der Waals surface area contributed by atoms with Gasteiger partial charge in [0.05, 0.1) is 19.4 Å². The highest BCUT2D eigenvalue weighted by Gasteiger charge is 2.25. The second kappa shape index (κ2) is 11.4. The zero-order chi connectivity index (χ0) is 23.6. The molecule has 3 aromatic rings. The maximum absolute atomic E-state index is 13.1. The minimum Gasteiger partial charge on any atom is -0.504 e. The van der Waals surface area contributed by atoms with Crippen molar-refractivity contribution in [3.63, 3.8) is 0 Å². The normalized spacial score (nSPS) is 11.6. The van der Waals surface area contributed by atoms with Gasteiger partial charge in [-0.1, -0.05) is 48.5 Å². The van der Waals surface area contributed by atoms with Gasteiger partial charge in [-0.3, -0.25) is 4.79 Å². The molecule has 7 heteroatoms. The van der Waals surface area contributed by atoms with Crippen molar-refractivity contribution in [1.29, 1.82) is 0 Å². The Balaban J connectivity index is 1.79. The van der Waals surface area contributed by atoms with Gasteiger partial charge in [0.25, 0.3) is 5.91 Å². The molecule has 33 heavy (non-hydrogen) atoms. The van der Waals surface area contributed by atoms with Gasteiger partial charge in [0.1, 0.15) is 5.75 Å². The van der Waals surface area contributed by atoms with E-state index in [9.17, 15) is 14.7 Å². The number of nitrogens with one attached hydrogen (secondary N) is 1. The number of anilines is 1. The Morgan fingerprint density at radius 2 is 1.73 bits per heavy atom. The van der Waals surface area contributed by atoms with Crippen LogP contribution < -0.4 is 14.8 Å². The summed E-state index contributed by atoms with van der Waals surface area (Å²) in [5.41, 5.74) is 1.62. The van der Waals surface area contributed by atoms with Crippen molar-refractivity contribution in [3.05, 3.63) is 90.0 Å². The molecule has 0 saturated heterocycles. The maximum atomic E-state index is 13.1. The average Bonchev–Trinajstić information content (AvgIpc) is 2.84. The summed E-state index contributed by atoms with van der Waals surface area (Å²) in [5, 5.41) is 12.5. The van der Waals surface area contributed by atoms with E-state index >= 15 is 0 Å². The number of para-hydroxylation sites is 2. The third kappa shape index (κ3) is 6.36. The van der Waals surface area contributed by atoms with Crippen LogP contribution in [0.1, 0.15) is 24.2 Å². The summed E-state index contributed by atoms with van der Waals surface area (Å²) < 4.78 is 16.1. The summed E-state index contributed by atoms with van der Waals surface area (Å²) in [6.07, 6.45) is 1.55. The third-order valence-electron chi connectivity index (χ3n) is 4.63. The van der Waals surface area contributed by atoms with E-state index in [-0.39, 0.29) is 11.5 Å². The van der Waals surface area contributed by atoms with E-state index in [1.807, 2.05) is 13.0 Å². The molecule has 170 valence electrons. The lowest BCUT2D eigenvalue weighted by atomic mass is 10.1. The highest BCUT2D eigenvalue weighted by molar-refractivity contribution is 5.98. The molecule has 0 radical (unpaired) electrons. The number of esters is 1. The Kier molecular flexibility index (Phi) is 8.07. The molecule has 0 aliphatic carbocycles. The van der Waals surface area contributed by atoms with Crippen LogP contribution in [-0.4, -0.2) is 30.7 Å². The van der Waals surface area contributed by atoms with Gasteiger partial charge in [-0.2, -0.15) is 0 Å². The molecule has 0 aliphatic rings. The van der Waals surface area contributed by atoms with Crippen LogP contribution in [0.4, 0.5) is 5.69 Å². The number of phenolic OH excluding ortho intramolecular Hbond substituents is 1. The molecular formula is C26H25NO6. The van der Waals surface area contributed by atoms with Crippen molar-refractivity contribution in [2.24, 2.45) is 0 Å². The number of carbonyl (C=O) groups excluding carboxylic acids is 2. The van der Waals surface area contributed by atoms with Gasteiger partial charge in [-0.25, -0.2) is 4.79 Å². The Labute approximate surface area is 192 Å². The lowest BCUT2D eigenvalue weighted by Gasteiger charge is -2.18. The van der Waals surface area contributed by atoms with Gasteiger partial charge in [0.15, 0.2) is 11.5 Å². The summed E-state index contributed by atoms with van der Waals surface area (Å²) in [5.74, 6) is -0.427. The first kappa shape index (κ1) is 23.4. The van der Waals surface area contributed by atoms with E-state index in [1.54, 1.807) is 60.7 Å². The smallest absolute Gasteiger partial charge is 0.331 e. The highest BCUT2D eigenvalue weighted by Crippen LogP contribution is 2.28. The predicted molar refractivity (Wildman–Crippen MR) is 125 cm³/mol. The molecule has 1 atom stereocenters. The van der Waals surface area contributed by atoms with Crippen LogP contribution in [-0.2, 0) is 14.3 Å². The SMILES string of the molecule is CCOc1ccccc1NC(=O)C(OC(=O)/C=C/c1ccc(O)c(OC)c1)c1ccccc1. The van der Waals surface area contributed by atoms with Crippen LogP contribution in [0.3, 0.4) is 0 Å². The minimum absolute atomic E-state index is 0.00891. The lowest BCUT2D eigenvalue weighted by Crippen LogP contribution is -2.25. The number of hydrogen-bond acceptors (Lipinski definition) is 6. The van der Waals surface area contributed by atoms with E-state index in [2.05, 4.69) is 5.32 Å². The van der Waals surface area contributed by atoms with E-state index < -0.39 is 18.0 Å². The number of rotatable bonds is 9. The van der Waals surface area contributed by atoms with Gasteiger partial charge in [0.2, 0.25) is 6.10 Å². The number of amides is 1. The molecule has 0 heterocycles. The molecule has 3 aromatic carbocycles. The zero-order valence-corrected chi connectivity index (χ0v) is 18.4. The second-order valence-corrected chi connectivity index (χ2v) is 6.91. The number of benzene rings is 3. The molecule has 0 aromatic heterocycles. The van der Waals surface area contributed by atoms with Crippen molar-refractivity contribution in [1.82, 2.24) is 0 Å². The number of carbonyl (C=O) groups is 2. The van der Waals surface area contributed by atoms with E-state index in [1.165, 1.54) is 25.3 Å². The zero-order valence-electron chi connectivity index (χ0n) is 18.4. The van der Waals surface area contributed by atoms with Crippen LogP contribution >= 0.6 is 0 Å². The minimum atomic E-state index is -1.17. The van der Waals surface area contributed by atoms with Crippen molar-refractivity contribution < 1.29 is 28.9 Å². The van der Waals surface area contributed by atoms with Crippen molar-refractivity contribution in [3.8, 4) is 17.2 Å². The second-order valence-electron chi connectivity index (χ2n) is 6.91. The summed E-state index contributed by atoms with van der Waals surface area (Å²) in [7, 11) is 1.43. The molecule has 1 amide bonds. The van der Waals surface area contributed by atoms with Gasteiger partial charge in [-0.05, 0) is 42.8 Å². The average molecular weight is 447 g/mol. The molecule has 0 bridgehead atoms. The number of ether oxygens (including phenoxy) is 3. The molecule has 0 aliphatic heterocycles. The Hall–Kier alpha value is -4.26. The first-order valence-electron chi connectivity index (χ1n) is 10.3. The molecular weight excluding hydrogens is 422 g/mol. The van der Waals surface area contributed by atoms with Gasteiger partial charge < -0.3 is 24.6 Å². The molecule has 2 N–H and O–H groups in total. The summed E-state index contributed by atoms with van der Waals surface area (Å²) >= 11 is 0. The fourth-order valence-electron chi connectivity index (χ4n) is 3.07. The van der Waals surface area contributed by atoms with Crippen molar-refractivity contribution in [2.75, 3.05) is 19.0 Å². The summed E-state index contributed by atoms with van der Waals surface area (Å²) in [6, 6.07) is 20.4. The molecule has 3 rings (SSSR count). The summed E-state index contributed by atoms with van der Waals surface area (Å²) in [4.78, 5) is 25.6. The van der Waals surface area contributed by atoms with E-state index in [4.69, 9.17) is 14.2 Å². The highest BCUT2D eigenvalue weighted by atomic mass is 16.5. The van der Waals surface area contributed by atoms with Crippen molar-refractivity contribution in [2.45, 2.75) is 13.0 Å². The van der Waals surface area contributed by atoms with Crippen LogP contribution in [0.2, 0.25) is 0 Å². The van der Waals surface area contributed by atoms with E-state index in [0.29, 0.717) is 29.2 Å². The van der Waals surface area contributed by atoms with Crippen molar-refractivity contribution >= 4 is 23.6 Å². The topological polar surface area (TPSA) is 94.1 Å². The van der Waals surface area contributed by atoms with Crippen LogP contribution in [0.15, 0.2) is 78.9 Å². The van der Waals surface area contributed by atoms with Gasteiger partial charge in [-0.15, -0.1) is 0 Å². The standard InChI is InChI=1S/C26H25NO6/c1-3-32-22-12-8-7-11-20(22)27-26(30)25(19-9-5-4-6-10-19)33-24(29)16-14-18-13-15-21(28)23(17-18)31-2/h4-17,25,28H,3H2,1-2H3,(H,27,30)/b16-14+. The quantitative estimate of drug-likeness (QED) is 0.364. The largest absolute Gasteiger partial charge is 0.504 e. The lowest BCUT2D eigenvalue weighted by molar-refractivity contribution is -0.149. The van der Waals surface area contributed by atoms with Gasteiger partial charge in [0, 0.05) is 11.6 Å². The molecule has 0 spiro atoms. The Morgan fingerprint density at radius 1 is 1.00 bits per heavy atom. The first-order chi connectivity index (χ1) is 16.0. The Bertz CT molecular complexity index is 1130. The first-order valence-corrected chi connectivity index (χ1v) is 10.3. The molecule has 0 fully saturated rings. The van der Waals surface area contributed by atoms with Gasteiger partial charge >= 0.3 is 5.97 Å². The number of phenols is 1. The number of methoxy groups -OCH3 is 1. The fourth-order valence-corrected chi connectivity index (χ4v) is 3.07. The number of hydrogen-bond donors (Lipinski definition) is 2. The monoisotopic (exact) mass is 447 g/mol. The predicted octanol–water partition coefficient (Wildman–Crippen LogP) is 4.74. The Morgan fingerprint density at radius 3 is 2.45 bits per heavy atom. The van der Waals surface area contributed by atoms with Crippen LogP contribution in [0.5, 0.6) is 17.2 Å².